The molecule has 118 valence electrons. The predicted molar refractivity (Wildman–Crippen MR) is 92.6 cm³/mol. The maximum absolute atomic E-state index is 11.8. The van der Waals surface area contributed by atoms with Crippen molar-refractivity contribution in [2.24, 2.45) is 0 Å². The number of nitrogens with one attached hydrogen (secondary N) is 1. The fourth-order valence-electron chi connectivity index (χ4n) is 3.05. The van der Waals surface area contributed by atoms with Gasteiger partial charge in [-0.2, -0.15) is 0 Å². The van der Waals surface area contributed by atoms with Crippen LogP contribution >= 0.6 is 0 Å². The number of carbonyl (C=O) groups excluding carboxylic acids is 1. The lowest BCUT2D eigenvalue weighted by Gasteiger charge is -2.04. The third-order valence-corrected chi connectivity index (χ3v) is 4.27. The van der Waals surface area contributed by atoms with Gasteiger partial charge in [-0.25, -0.2) is 0 Å². The Morgan fingerprint density at radius 3 is 2.57 bits per heavy atom. The number of rotatable bonds is 5. The van der Waals surface area contributed by atoms with E-state index in [1.54, 1.807) is 0 Å². The molecule has 0 unspecified atom stereocenters. The topological polar surface area (TPSA) is 42.1 Å². The Bertz CT molecular complexity index is 818. The minimum Gasteiger partial charge on any atom is -0.469 e. The van der Waals surface area contributed by atoms with Crippen molar-refractivity contribution in [1.29, 1.82) is 0 Å². The molecule has 2 aromatic carbocycles. The Kier molecular flexibility index (Phi) is 4.47. The van der Waals surface area contributed by atoms with Gasteiger partial charge in [-0.15, -0.1) is 0 Å². The maximum Gasteiger partial charge on any atom is 0.310 e. The van der Waals surface area contributed by atoms with Crippen LogP contribution in [0.15, 0.2) is 48.5 Å². The number of carbonyl (C=O) groups is 1. The fourth-order valence-corrected chi connectivity index (χ4v) is 3.05. The van der Waals surface area contributed by atoms with E-state index in [-0.39, 0.29) is 5.97 Å². The first kappa shape index (κ1) is 15.3. The van der Waals surface area contributed by atoms with Crippen molar-refractivity contribution in [3.63, 3.8) is 0 Å². The van der Waals surface area contributed by atoms with Gasteiger partial charge in [0.05, 0.1) is 13.5 Å². The summed E-state index contributed by atoms with van der Waals surface area (Å²) >= 11 is 0. The van der Waals surface area contributed by atoms with Crippen molar-refractivity contribution < 1.29 is 9.53 Å². The van der Waals surface area contributed by atoms with Crippen LogP contribution in [0.25, 0.3) is 10.9 Å². The summed E-state index contributed by atoms with van der Waals surface area (Å²) in [7, 11) is 1.44. The molecule has 0 saturated heterocycles. The number of para-hydroxylation sites is 1. The SMILES string of the molecule is CCc1cccc2c(CC(=O)OC)c(Cc3ccccc3)[nH]c12. The molecule has 0 amide bonds. The highest BCUT2D eigenvalue weighted by molar-refractivity contribution is 5.90. The molecule has 0 aliphatic heterocycles. The smallest absolute Gasteiger partial charge is 0.310 e. The van der Waals surface area contributed by atoms with Crippen LogP contribution in [0, 0.1) is 0 Å². The fraction of sp³-hybridized carbons (Fsp3) is 0.250. The summed E-state index contributed by atoms with van der Waals surface area (Å²) in [6, 6.07) is 16.6. The van der Waals surface area contributed by atoms with E-state index in [0.29, 0.717) is 6.42 Å². The number of aryl methyl sites for hydroxylation is 1. The van der Waals surface area contributed by atoms with E-state index >= 15 is 0 Å². The number of benzene rings is 2. The van der Waals surface area contributed by atoms with Crippen molar-refractivity contribution in [1.82, 2.24) is 4.98 Å². The molecule has 0 aliphatic rings. The van der Waals surface area contributed by atoms with Gasteiger partial charge < -0.3 is 9.72 Å². The third kappa shape index (κ3) is 3.14. The van der Waals surface area contributed by atoms with Gasteiger partial charge in [0.15, 0.2) is 0 Å². The summed E-state index contributed by atoms with van der Waals surface area (Å²) in [6.45, 7) is 2.15. The summed E-state index contributed by atoms with van der Waals surface area (Å²) in [6.07, 6.45) is 2.04. The molecule has 3 heteroatoms. The van der Waals surface area contributed by atoms with Crippen molar-refractivity contribution in [2.45, 2.75) is 26.2 Å². The second-order valence-corrected chi connectivity index (χ2v) is 5.69. The average Bonchev–Trinajstić information content (AvgIpc) is 2.93. The van der Waals surface area contributed by atoms with E-state index in [9.17, 15) is 4.79 Å². The number of aromatic amines is 1. The highest BCUT2D eigenvalue weighted by atomic mass is 16.5. The summed E-state index contributed by atoms with van der Waals surface area (Å²) in [5.41, 5.74) is 5.78. The minimum atomic E-state index is -0.206. The van der Waals surface area contributed by atoms with Gasteiger partial charge in [-0.05, 0) is 23.1 Å². The monoisotopic (exact) mass is 307 g/mol. The van der Waals surface area contributed by atoms with Crippen LogP contribution in [0.1, 0.15) is 29.3 Å². The Morgan fingerprint density at radius 1 is 1.09 bits per heavy atom. The van der Waals surface area contributed by atoms with E-state index < -0.39 is 0 Å². The highest BCUT2D eigenvalue weighted by Crippen LogP contribution is 2.28. The average molecular weight is 307 g/mol. The number of aromatic nitrogens is 1. The molecule has 0 spiro atoms. The van der Waals surface area contributed by atoms with E-state index in [1.165, 1.54) is 18.2 Å². The minimum absolute atomic E-state index is 0.206. The quantitative estimate of drug-likeness (QED) is 0.723. The van der Waals surface area contributed by atoms with Crippen LogP contribution in [-0.2, 0) is 28.8 Å². The third-order valence-electron chi connectivity index (χ3n) is 4.27. The molecule has 3 aromatic rings. The van der Waals surface area contributed by atoms with Crippen LogP contribution in [0.4, 0.5) is 0 Å². The first-order chi connectivity index (χ1) is 11.2. The molecule has 1 heterocycles. The largest absolute Gasteiger partial charge is 0.469 e. The lowest BCUT2D eigenvalue weighted by Crippen LogP contribution is -2.06. The molecule has 0 atom stereocenters. The van der Waals surface area contributed by atoms with Gasteiger partial charge in [0.1, 0.15) is 0 Å². The Morgan fingerprint density at radius 2 is 1.87 bits per heavy atom. The van der Waals surface area contributed by atoms with Crippen molar-refractivity contribution >= 4 is 16.9 Å². The van der Waals surface area contributed by atoms with E-state index in [0.717, 1.165) is 35.0 Å². The Balaban J connectivity index is 2.10. The van der Waals surface area contributed by atoms with Crippen LogP contribution in [0.3, 0.4) is 0 Å². The van der Waals surface area contributed by atoms with Crippen LogP contribution in [0.5, 0.6) is 0 Å². The molecule has 0 radical (unpaired) electrons. The molecule has 0 bridgehead atoms. The standard InChI is InChI=1S/C20H21NO2/c1-3-15-10-7-11-16-17(13-19(22)23-2)18(21-20(15)16)12-14-8-5-4-6-9-14/h4-11,21H,3,12-13H2,1-2H3. The lowest BCUT2D eigenvalue weighted by molar-refractivity contribution is -0.139. The molecular formula is C20H21NO2. The number of hydrogen-bond donors (Lipinski definition) is 1. The molecule has 0 fully saturated rings. The van der Waals surface area contributed by atoms with Crippen LogP contribution in [-0.4, -0.2) is 18.1 Å². The summed E-state index contributed by atoms with van der Waals surface area (Å²) in [4.78, 5) is 15.4. The number of ether oxygens (including phenoxy) is 1. The number of esters is 1. The van der Waals surface area contributed by atoms with Gasteiger partial charge in [0.25, 0.3) is 0 Å². The molecule has 3 nitrogen and oxygen atoms in total. The summed E-state index contributed by atoms with van der Waals surface area (Å²) in [5.74, 6) is -0.206. The van der Waals surface area contributed by atoms with E-state index in [1.807, 2.05) is 18.2 Å². The van der Waals surface area contributed by atoms with Gasteiger partial charge in [-0.3, -0.25) is 4.79 Å². The predicted octanol–water partition coefficient (Wildman–Crippen LogP) is 4.04. The highest BCUT2D eigenvalue weighted by Gasteiger charge is 2.16. The van der Waals surface area contributed by atoms with Gasteiger partial charge in [0.2, 0.25) is 0 Å². The summed E-state index contributed by atoms with van der Waals surface area (Å²) in [5, 5.41) is 1.13. The zero-order valence-electron chi connectivity index (χ0n) is 13.6. The van der Waals surface area contributed by atoms with Crippen molar-refractivity contribution in [3.8, 4) is 0 Å². The molecule has 1 aromatic heterocycles. The van der Waals surface area contributed by atoms with Crippen LogP contribution < -0.4 is 0 Å². The zero-order valence-corrected chi connectivity index (χ0v) is 13.6. The number of hydrogen-bond acceptors (Lipinski definition) is 2. The van der Waals surface area contributed by atoms with E-state index in [2.05, 4.69) is 42.2 Å². The normalized spacial score (nSPS) is 10.9. The molecular weight excluding hydrogens is 286 g/mol. The second kappa shape index (κ2) is 6.69. The number of methoxy groups -OCH3 is 1. The van der Waals surface area contributed by atoms with Crippen molar-refractivity contribution in [2.75, 3.05) is 7.11 Å². The Hall–Kier alpha value is -2.55. The summed E-state index contributed by atoms with van der Waals surface area (Å²) < 4.78 is 4.88. The molecule has 0 saturated carbocycles. The lowest BCUT2D eigenvalue weighted by atomic mass is 10.0. The van der Waals surface area contributed by atoms with E-state index in [4.69, 9.17) is 4.74 Å². The Labute approximate surface area is 136 Å². The number of fused-ring (bicyclic) bond motifs is 1. The first-order valence-corrected chi connectivity index (χ1v) is 7.95. The first-order valence-electron chi connectivity index (χ1n) is 7.95. The maximum atomic E-state index is 11.8. The zero-order chi connectivity index (χ0) is 16.2. The molecule has 1 N–H and O–H groups in total. The van der Waals surface area contributed by atoms with Crippen LogP contribution in [0.2, 0.25) is 0 Å². The van der Waals surface area contributed by atoms with Crippen molar-refractivity contribution in [3.05, 3.63) is 70.9 Å². The van der Waals surface area contributed by atoms with Gasteiger partial charge in [0, 0.05) is 23.0 Å². The second-order valence-electron chi connectivity index (χ2n) is 5.69. The molecule has 3 rings (SSSR count). The molecule has 0 aliphatic carbocycles. The molecule has 23 heavy (non-hydrogen) atoms. The van der Waals surface area contributed by atoms with Gasteiger partial charge >= 0.3 is 5.97 Å². The van der Waals surface area contributed by atoms with Gasteiger partial charge in [-0.1, -0.05) is 55.5 Å². The number of H-pyrrole nitrogens is 1.